The lowest BCUT2D eigenvalue weighted by Gasteiger charge is -2.17. The highest BCUT2D eigenvalue weighted by atomic mass is 32.2. The molecule has 0 amide bonds. The first kappa shape index (κ1) is 22.1. The van der Waals surface area contributed by atoms with Gasteiger partial charge in [0.15, 0.2) is 10.9 Å². The summed E-state index contributed by atoms with van der Waals surface area (Å²) in [6, 6.07) is 15.6. The van der Waals surface area contributed by atoms with Crippen molar-refractivity contribution in [1.82, 2.24) is 9.55 Å². The highest BCUT2D eigenvalue weighted by Gasteiger charge is 2.25. The summed E-state index contributed by atoms with van der Waals surface area (Å²) in [5, 5.41) is 1.33. The molecular weight excluding hydrogens is 448 g/mol. The Bertz CT molecular complexity index is 1420. The molecule has 0 fully saturated rings. The SMILES string of the molecule is Cc1ccc(C)c(C(=O)CSc2nc3sc4c(c3c(=O)n2-c2ccccc2)CCC(C)C4)c1. The highest BCUT2D eigenvalue weighted by Crippen LogP contribution is 2.37. The maximum absolute atomic E-state index is 13.8. The highest BCUT2D eigenvalue weighted by molar-refractivity contribution is 7.99. The van der Waals surface area contributed by atoms with Gasteiger partial charge in [0.2, 0.25) is 0 Å². The molecule has 168 valence electrons. The third kappa shape index (κ3) is 4.18. The average Bonchev–Trinajstić information content (AvgIpc) is 3.17. The van der Waals surface area contributed by atoms with Crippen LogP contribution < -0.4 is 5.56 Å². The molecule has 2 aromatic carbocycles. The normalized spacial score (nSPS) is 15.5. The summed E-state index contributed by atoms with van der Waals surface area (Å²) < 4.78 is 1.69. The second-order valence-electron chi connectivity index (χ2n) is 8.93. The largest absolute Gasteiger partial charge is 0.293 e. The average molecular weight is 475 g/mol. The molecular formula is C27H26N2O2S2. The van der Waals surface area contributed by atoms with E-state index in [0.717, 1.165) is 51.9 Å². The maximum Gasteiger partial charge on any atom is 0.267 e. The van der Waals surface area contributed by atoms with Gasteiger partial charge in [0.05, 0.1) is 16.8 Å². The summed E-state index contributed by atoms with van der Waals surface area (Å²) in [4.78, 5) is 33.9. The van der Waals surface area contributed by atoms with Crippen molar-refractivity contribution in [2.24, 2.45) is 5.92 Å². The van der Waals surface area contributed by atoms with Crippen LogP contribution in [0.4, 0.5) is 0 Å². The molecule has 0 aliphatic heterocycles. The van der Waals surface area contributed by atoms with E-state index in [1.807, 2.05) is 62.4 Å². The van der Waals surface area contributed by atoms with Gasteiger partial charge in [-0.15, -0.1) is 11.3 Å². The molecule has 5 rings (SSSR count). The Kier molecular flexibility index (Phi) is 5.97. The number of rotatable bonds is 5. The molecule has 6 heteroatoms. The Morgan fingerprint density at radius 2 is 1.97 bits per heavy atom. The van der Waals surface area contributed by atoms with Crippen molar-refractivity contribution in [2.75, 3.05) is 5.75 Å². The van der Waals surface area contributed by atoms with Crippen LogP contribution in [0.25, 0.3) is 15.9 Å². The second kappa shape index (κ2) is 8.92. The Morgan fingerprint density at radius 3 is 2.76 bits per heavy atom. The zero-order valence-corrected chi connectivity index (χ0v) is 20.7. The number of aryl methyl sites for hydroxylation is 3. The topological polar surface area (TPSA) is 52.0 Å². The van der Waals surface area contributed by atoms with E-state index in [4.69, 9.17) is 4.98 Å². The predicted molar refractivity (Wildman–Crippen MR) is 137 cm³/mol. The lowest BCUT2D eigenvalue weighted by Crippen LogP contribution is -2.23. The van der Waals surface area contributed by atoms with Gasteiger partial charge in [0.25, 0.3) is 5.56 Å². The first-order valence-corrected chi connectivity index (χ1v) is 13.1. The number of carbonyl (C=O) groups is 1. The Labute approximate surface area is 201 Å². The van der Waals surface area contributed by atoms with Crippen LogP contribution in [0.5, 0.6) is 0 Å². The Balaban J connectivity index is 1.59. The summed E-state index contributed by atoms with van der Waals surface area (Å²) in [5.74, 6) is 0.914. The number of para-hydroxylation sites is 1. The fourth-order valence-corrected chi connectivity index (χ4v) is 6.84. The van der Waals surface area contributed by atoms with E-state index < -0.39 is 0 Å². The molecule has 2 aromatic heterocycles. The Morgan fingerprint density at radius 1 is 1.18 bits per heavy atom. The van der Waals surface area contributed by atoms with E-state index in [-0.39, 0.29) is 17.1 Å². The standard InChI is InChI=1S/C27H26N2O2S2/c1-16-9-11-18(3)21(13-16)22(30)15-32-27-28-25-24(20-12-10-17(2)14-23(20)33-25)26(31)29(27)19-7-5-4-6-8-19/h4-9,11,13,17H,10,12,14-15H2,1-3H3. The fourth-order valence-electron chi connectivity index (χ4n) is 4.52. The quantitative estimate of drug-likeness (QED) is 0.197. The minimum Gasteiger partial charge on any atom is -0.293 e. The molecule has 1 atom stereocenters. The number of fused-ring (bicyclic) bond motifs is 3. The molecule has 2 heterocycles. The number of hydrogen-bond acceptors (Lipinski definition) is 5. The molecule has 4 nitrogen and oxygen atoms in total. The minimum atomic E-state index is -0.0278. The monoisotopic (exact) mass is 474 g/mol. The fraction of sp³-hybridized carbons (Fsp3) is 0.296. The van der Waals surface area contributed by atoms with Gasteiger partial charge in [0, 0.05) is 10.4 Å². The van der Waals surface area contributed by atoms with Gasteiger partial charge < -0.3 is 0 Å². The van der Waals surface area contributed by atoms with E-state index in [1.54, 1.807) is 15.9 Å². The van der Waals surface area contributed by atoms with Crippen molar-refractivity contribution < 1.29 is 4.79 Å². The number of nitrogens with zero attached hydrogens (tertiary/aromatic N) is 2. The summed E-state index contributed by atoms with van der Waals surface area (Å²) in [6.07, 6.45) is 3.04. The number of aromatic nitrogens is 2. The van der Waals surface area contributed by atoms with Crippen molar-refractivity contribution in [2.45, 2.75) is 45.2 Å². The third-order valence-corrected chi connectivity index (χ3v) is 8.43. The first-order chi connectivity index (χ1) is 15.9. The molecule has 0 spiro atoms. The van der Waals surface area contributed by atoms with Crippen LogP contribution in [0.15, 0.2) is 58.5 Å². The summed E-state index contributed by atoms with van der Waals surface area (Å²) in [5.41, 5.74) is 4.70. The number of thioether (sulfide) groups is 1. The molecule has 1 aliphatic carbocycles. The summed E-state index contributed by atoms with van der Waals surface area (Å²) >= 11 is 2.99. The van der Waals surface area contributed by atoms with E-state index >= 15 is 0 Å². The molecule has 1 aliphatic rings. The summed E-state index contributed by atoms with van der Waals surface area (Å²) in [6.45, 7) is 6.22. The molecule has 0 N–H and O–H groups in total. The van der Waals surface area contributed by atoms with Crippen LogP contribution in [-0.4, -0.2) is 21.1 Å². The van der Waals surface area contributed by atoms with E-state index in [1.165, 1.54) is 22.2 Å². The first-order valence-electron chi connectivity index (χ1n) is 11.3. The number of Topliss-reactive ketones (excluding diaryl/α,β-unsaturated/α-hetero) is 1. The number of carbonyl (C=O) groups excluding carboxylic acids is 1. The molecule has 0 saturated heterocycles. The maximum atomic E-state index is 13.8. The van der Waals surface area contributed by atoms with Crippen LogP contribution in [0.3, 0.4) is 0 Å². The van der Waals surface area contributed by atoms with Gasteiger partial charge in [0.1, 0.15) is 4.83 Å². The Hall–Kier alpha value is -2.70. The van der Waals surface area contributed by atoms with Crippen molar-refractivity contribution in [3.8, 4) is 5.69 Å². The van der Waals surface area contributed by atoms with E-state index in [9.17, 15) is 9.59 Å². The molecule has 33 heavy (non-hydrogen) atoms. The van der Waals surface area contributed by atoms with Crippen LogP contribution in [0.2, 0.25) is 0 Å². The van der Waals surface area contributed by atoms with Gasteiger partial charge in [-0.2, -0.15) is 0 Å². The molecule has 0 bridgehead atoms. The van der Waals surface area contributed by atoms with Crippen molar-refractivity contribution in [3.05, 3.63) is 86.0 Å². The van der Waals surface area contributed by atoms with E-state index in [2.05, 4.69) is 6.92 Å². The zero-order valence-electron chi connectivity index (χ0n) is 19.1. The number of thiophene rings is 1. The molecule has 0 saturated carbocycles. The van der Waals surface area contributed by atoms with Crippen LogP contribution >= 0.6 is 23.1 Å². The molecule has 1 unspecified atom stereocenters. The zero-order chi connectivity index (χ0) is 23.1. The van der Waals surface area contributed by atoms with E-state index in [0.29, 0.717) is 11.1 Å². The summed E-state index contributed by atoms with van der Waals surface area (Å²) in [7, 11) is 0. The molecule has 0 radical (unpaired) electrons. The number of benzene rings is 2. The smallest absolute Gasteiger partial charge is 0.267 e. The van der Waals surface area contributed by atoms with Crippen LogP contribution in [0, 0.1) is 19.8 Å². The minimum absolute atomic E-state index is 0.0278. The number of ketones is 1. The van der Waals surface area contributed by atoms with Gasteiger partial charge >= 0.3 is 0 Å². The van der Waals surface area contributed by atoms with Crippen LogP contribution in [-0.2, 0) is 12.8 Å². The van der Waals surface area contributed by atoms with Crippen molar-refractivity contribution in [3.63, 3.8) is 0 Å². The van der Waals surface area contributed by atoms with Gasteiger partial charge in [-0.25, -0.2) is 4.98 Å². The lowest BCUT2D eigenvalue weighted by molar-refractivity contribution is 0.102. The van der Waals surface area contributed by atoms with Gasteiger partial charge in [-0.1, -0.05) is 54.6 Å². The van der Waals surface area contributed by atoms with Gasteiger partial charge in [-0.3, -0.25) is 14.2 Å². The van der Waals surface area contributed by atoms with Crippen molar-refractivity contribution in [1.29, 1.82) is 0 Å². The van der Waals surface area contributed by atoms with Crippen molar-refractivity contribution >= 4 is 39.1 Å². The lowest BCUT2D eigenvalue weighted by atomic mass is 9.89. The number of hydrogen-bond donors (Lipinski definition) is 0. The second-order valence-corrected chi connectivity index (χ2v) is 11.0. The molecule has 4 aromatic rings. The third-order valence-electron chi connectivity index (χ3n) is 6.34. The predicted octanol–water partition coefficient (Wildman–Crippen LogP) is 6.16. The van der Waals surface area contributed by atoms with Gasteiger partial charge in [-0.05, 0) is 68.4 Å². The van der Waals surface area contributed by atoms with Crippen LogP contribution in [0.1, 0.15) is 45.3 Å².